The van der Waals surface area contributed by atoms with Crippen LogP contribution in [0, 0.1) is 0 Å². The van der Waals surface area contributed by atoms with Gasteiger partial charge in [-0.05, 0) is 36.2 Å². The minimum atomic E-state index is -0.411. The van der Waals surface area contributed by atoms with Gasteiger partial charge in [0.1, 0.15) is 5.58 Å². The first-order valence-electron chi connectivity index (χ1n) is 9.91. The summed E-state index contributed by atoms with van der Waals surface area (Å²) in [4.78, 5) is 29.5. The van der Waals surface area contributed by atoms with Crippen LogP contribution >= 0.6 is 0 Å². The molecule has 0 spiro atoms. The van der Waals surface area contributed by atoms with E-state index in [0.29, 0.717) is 35.4 Å². The van der Waals surface area contributed by atoms with Crippen LogP contribution in [0.2, 0.25) is 0 Å². The number of hydrogen-bond acceptors (Lipinski definition) is 5. The predicted octanol–water partition coefficient (Wildman–Crippen LogP) is 2.60. The van der Waals surface area contributed by atoms with Crippen molar-refractivity contribution < 1.29 is 14.3 Å². The van der Waals surface area contributed by atoms with Gasteiger partial charge < -0.3 is 14.4 Å². The SMILES string of the molecule is O=C(c1cccc(-c2cc3ccccc3oc2=O)c1)N1CCN(CCCO)CC1. The van der Waals surface area contributed by atoms with Gasteiger partial charge in [0.2, 0.25) is 0 Å². The molecule has 0 radical (unpaired) electrons. The Morgan fingerprint density at radius 1 is 1.00 bits per heavy atom. The van der Waals surface area contributed by atoms with Crippen LogP contribution in [-0.4, -0.2) is 60.1 Å². The van der Waals surface area contributed by atoms with Crippen LogP contribution in [0.3, 0.4) is 0 Å². The van der Waals surface area contributed by atoms with Gasteiger partial charge in [0, 0.05) is 50.3 Å². The summed E-state index contributed by atoms with van der Waals surface area (Å²) in [7, 11) is 0. The van der Waals surface area contributed by atoms with E-state index >= 15 is 0 Å². The Morgan fingerprint density at radius 3 is 2.59 bits per heavy atom. The van der Waals surface area contributed by atoms with Crippen LogP contribution in [-0.2, 0) is 0 Å². The molecule has 0 saturated carbocycles. The molecule has 29 heavy (non-hydrogen) atoms. The van der Waals surface area contributed by atoms with Crippen LogP contribution in [0.1, 0.15) is 16.8 Å². The van der Waals surface area contributed by atoms with Gasteiger partial charge in [-0.3, -0.25) is 9.69 Å². The second-order valence-electron chi connectivity index (χ2n) is 7.28. The number of aliphatic hydroxyl groups is 1. The van der Waals surface area contributed by atoms with Gasteiger partial charge in [-0.1, -0.05) is 30.3 Å². The van der Waals surface area contributed by atoms with Gasteiger partial charge in [-0.2, -0.15) is 0 Å². The van der Waals surface area contributed by atoms with Gasteiger partial charge in [-0.15, -0.1) is 0 Å². The molecule has 2 aromatic carbocycles. The Morgan fingerprint density at radius 2 is 1.79 bits per heavy atom. The number of fused-ring (bicyclic) bond motifs is 1. The molecule has 1 N–H and O–H groups in total. The zero-order chi connectivity index (χ0) is 20.2. The summed E-state index contributed by atoms with van der Waals surface area (Å²) < 4.78 is 5.43. The highest BCUT2D eigenvalue weighted by molar-refractivity contribution is 5.95. The molecular weight excluding hydrogens is 368 g/mol. The number of carbonyl (C=O) groups excluding carboxylic acids is 1. The van der Waals surface area contributed by atoms with Gasteiger partial charge in [0.05, 0.1) is 5.56 Å². The Kier molecular flexibility index (Phi) is 5.74. The molecule has 1 aromatic heterocycles. The second kappa shape index (κ2) is 8.59. The number of hydrogen-bond donors (Lipinski definition) is 1. The molecule has 2 heterocycles. The van der Waals surface area contributed by atoms with E-state index in [0.717, 1.165) is 31.4 Å². The summed E-state index contributed by atoms with van der Waals surface area (Å²) in [5, 5.41) is 9.81. The molecule has 1 saturated heterocycles. The lowest BCUT2D eigenvalue weighted by Crippen LogP contribution is -2.48. The first kappa shape index (κ1) is 19.4. The number of amides is 1. The van der Waals surface area contributed by atoms with Crippen molar-refractivity contribution in [3.63, 3.8) is 0 Å². The minimum absolute atomic E-state index is 0.0289. The number of benzene rings is 2. The van der Waals surface area contributed by atoms with Crippen molar-refractivity contribution in [1.29, 1.82) is 0 Å². The number of carbonyl (C=O) groups is 1. The maximum Gasteiger partial charge on any atom is 0.344 e. The maximum absolute atomic E-state index is 13.0. The zero-order valence-corrected chi connectivity index (χ0v) is 16.2. The standard InChI is InChI=1S/C23H24N2O4/c26-14-4-9-24-10-12-25(13-11-24)22(27)19-7-3-6-17(15-19)20-16-18-5-1-2-8-21(18)29-23(20)28/h1-3,5-8,15-16,26H,4,9-14H2. The van der Waals surface area contributed by atoms with E-state index in [2.05, 4.69) is 4.90 Å². The Labute approximate surface area is 169 Å². The lowest BCUT2D eigenvalue weighted by atomic mass is 10.0. The average molecular weight is 392 g/mol. The van der Waals surface area contributed by atoms with E-state index in [9.17, 15) is 9.59 Å². The summed E-state index contributed by atoms with van der Waals surface area (Å²) in [5.41, 5.74) is 1.83. The van der Waals surface area contributed by atoms with E-state index in [1.807, 2.05) is 35.2 Å². The molecule has 3 aromatic rings. The Bertz CT molecular complexity index is 1070. The Hall–Kier alpha value is -2.96. The molecule has 6 nitrogen and oxygen atoms in total. The van der Waals surface area contributed by atoms with Crippen molar-refractivity contribution in [2.24, 2.45) is 0 Å². The molecular formula is C23H24N2O4. The van der Waals surface area contributed by atoms with Crippen molar-refractivity contribution >= 4 is 16.9 Å². The summed E-state index contributed by atoms with van der Waals surface area (Å²) in [6.07, 6.45) is 0.754. The van der Waals surface area contributed by atoms with Gasteiger partial charge >= 0.3 is 5.63 Å². The highest BCUT2D eigenvalue weighted by Crippen LogP contribution is 2.22. The van der Waals surface area contributed by atoms with Crippen molar-refractivity contribution in [2.45, 2.75) is 6.42 Å². The van der Waals surface area contributed by atoms with Crippen molar-refractivity contribution in [1.82, 2.24) is 9.80 Å². The quantitative estimate of drug-likeness (QED) is 0.676. The van der Waals surface area contributed by atoms with Gasteiger partial charge in [0.15, 0.2) is 0 Å². The third kappa shape index (κ3) is 4.23. The highest BCUT2D eigenvalue weighted by atomic mass is 16.4. The smallest absolute Gasteiger partial charge is 0.344 e. The first-order valence-corrected chi connectivity index (χ1v) is 9.91. The number of rotatable bonds is 5. The van der Waals surface area contributed by atoms with Crippen molar-refractivity contribution in [3.05, 3.63) is 70.6 Å². The highest BCUT2D eigenvalue weighted by Gasteiger charge is 2.22. The van der Waals surface area contributed by atoms with Crippen molar-refractivity contribution in [3.8, 4) is 11.1 Å². The lowest BCUT2D eigenvalue weighted by Gasteiger charge is -2.34. The summed E-state index contributed by atoms with van der Waals surface area (Å²) in [6.45, 7) is 3.97. The van der Waals surface area contributed by atoms with Crippen LogP contribution in [0.15, 0.2) is 63.8 Å². The van der Waals surface area contributed by atoms with Crippen LogP contribution in [0.5, 0.6) is 0 Å². The van der Waals surface area contributed by atoms with Crippen LogP contribution < -0.4 is 5.63 Å². The normalized spacial score (nSPS) is 15.0. The molecule has 0 aliphatic carbocycles. The van der Waals surface area contributed by atoms with Gasteiger partial charge in [0.25, 0.3) is 5.91 Å². The molecule has 4 rings (SSSR count). The van der Waals surface area contributed by atoms with E-state index in [4.69, 9.17) is 9.52 Å². The third-order valence-electron chi connectivity index (χ3n) is 5.35. The number of aliphatic hydroxyl groups excluding tert-OH is 1. The average Bonchev–Trinajstić information content (AvgIpc) is 2.77. The van der Waals surface area contributed by atoms with Crippen LogP contribution in [0.25, 0.3) is 22.1 Å². The van der Waals surface area contributed by atoms with Gasteiger partial charge in [-0.25, -0.2) is 4.79 Å². The summed E-state index contributed by atoms with van der Waals surface area (Å²) in [5.74, 6) is -0.0289. The molecule has 150 valence electrons. The fourth-order valence-electron chi connectivity index (χ4n) is 3.73. The third-order valence-corrected chi connectivity index (χ3v) is 5.35. The molecule has 1 fully saturated rings. The first-order chi connectivity index (χ1) is 14.2. The topological polar surface area (TPSA) is 74.0 Å². The van der Waals surface area contributed by atoms with E-state index in [1.165, 1.54) is 0 Å². The molecule has 1 amide bonds. The number of nitrogens with zero attached hydrogens (tertiary/aromatic N) is 2. The summed E-state index contributed by atoms with van der Waals surface area (Å²) in [6, 6.07) is 16.4. The number of para-hydroxylation sites is 1. The monoisotopic (exact) mass is 392 g/mol. The minimum Gasteiger partial charge on any atom is -0.422 e. The zero-order valence-electron chi connectivity index (χ0n) is 16.2. The molecule has 0 unspecified atom stereocenters. The largest absolute Gasteiger partial charge is 0.422 e. The molecule has 1 aliphatic heterocycles. The predicted molar refractivity (Wildman–Crippen MR) is 112 cm³/mol. The van der Waals surface area contributed by atoms with Crippen molar-refractivity contribution in [2.75, 3.05) is 39.3 Å². The molecule has 1 aliphatic rings. The molecule has 0 bridgehead atoms. The lowest BCUT2D eigenvalue weighted by molar-refractivity contribution is 0.0629. The second-order valence-corrected chi connectivity index (χ2v) is 7.28. The Balaban J connectivity index is 1.54. The summed E-state index contributed by atoms with van der Waals surface area (Å²) >= 11 is 0. The fraction of sp³-hybridized carbons (Fsp3) is 0.304. The van der Waals surface area contributed by atoms with E-state index < -0.39 is 5.63 Å². The van der Waals surface area contributed by atoms with E-state index in [1.54, 1.807) is 24.3 Å². The molecule has 0 atom stereocenters. The van der Waals surface area contributed by atoms with E-state index in [-0.39, 0.29) is 12.5 Å². The number of piperazine rings is 1. The van der Waals surface area contributed by atoms with Crippen LogP contribution in [0.4, 0.5) is 0 Å². The fourth-order valence-corrected chi connectivity index (χ4v) is 3.73. The molecule has 6 heteroatoms. The maximum atomic E-state index is 13.0.